The Bertz CT molecular complexity index is 830. The van der Waals surface area contributed by atoms with Gasteiger partial charge < -0.3 is 25.3 Å². The number of aromatic amines is 1. The SMILES string of the molecule is O=C([O-])Nc1nc2ccc(C(O)c3ccc(F)cc3)cc2[nH]1. The maximum atomic E-state index is 12.9. The minimum atomic E-state index is -1.47. The van der Waals surface area contributed by atoms with E-state index >= 15 is 0 Å². The number of carboxylic acid groups (broad SMARTS) is 1. The number of aliphatic hydroxyl groups excluding tert-OH is 1. The van der Waals surface area contributed by atoms with Crippen LogP contribution in [0.25, 0.3) is 11.0 Å². The van der Waals surface area contributed by atoms with Gasteiger partial charge in [0.15, 0.2) is 0 Å². The Labute approximate surface area is 124 Å². The summed E-state index contributed by atoms with van der Waals surface area (Å²) in [5, 5.41) is 22.8. The van der Waals surface area contributed by atoms with Crippen molar-refractivity contribution in [1.29, 1.82) is 0 Å². The van der Waals surface area contributed by atoms with Crippen LogP contribution < -0.4 is 10.4 Å². The van der Waals surface area contributed by atoms with Gasteiger partial charge in [0.05, 0.1) is 11.0 Å². The highest BCUT2D eigenvalue weighted by molar-refractivity contribution is 5.84. The molecule has 3 rings (SSSR count). The topological polar surface area (TPSA) is 101 Å². The summed E-state index contributed by atoms with van der Waals surface area (Å²) in [5.74, 6) is -0.332. The number of H-pyrrole nitrogens is 1. The lowest BCUT2D eigenvalue weighted by atomic mass is 10.0. The second-order valence-corrected chi connectivity index (χ2v) is 4.73. The number of nitrogens with zero attached hydrogens (tertiary/aromatic N) is 1. The van der Waals surface area contributed by atoms with Gasteiger partial charge in [-0.1, -0.05) is 18.2 Å². The molecule has 1 amide bonds. The molecule has 0 fully saturated rings. The Kier molecular flexibility index (Phi) is 3.48. The number of fused-ring (bicyclic) bond motifs is 1. The molecular weight excluding hydrogens is 289 g/mol. The van der Waals surface area contributed by atoms with Gasteiger partial charge in [-0.3, -0.25) is 0 Å². The Morgan fingerprint density at radius 2 is 1.91 bits per heavy atom. The predicted molar refractivity (Wildman–Crippen MR) is 75.6 cm³/mol. The van der Waals surface area contributed by atoms with Crippen molar-refractivity contribution in [1.82, 2.24) is 9.97 Å². The number of anilines is 1. The zero-order valence-corrected chi connectivity index (χ0v) is 11.2. The fraction of sp³-hybridized carbons (Fsp3) is 0.0667. The number of carbonyl (C=O) groups excluding carboxylic acids is 1. The lowest BCUT2D eigenvalue weighted by molar-refractivity contribution is -0.242. The van der Waals surface area contributed by atoms with Gasteiger partial charge in [-0.2, -0.15) is 0 Å². The highest BCUT2D eigenvalue weighted by atomic mass is 19.1. The van der Waals surface area contributed by atoms with Crippen LogP contribution in [0, 0.1) is 5.82 Å². The molecule has 3 N–H and O–H groups in total. The third kappa shape index (κ3) is 2.75. The van der Waals surface area contributed by atoms with Crippen molar-refractivity contribution >= 4 is 23.1 Å². The summed E-state index contributed by atoms with van der Waals surface area (Å²) < 4.78 is 12.9. The highest BCUT2D eigenvalue weighted by Gasteiger charge is 2.12. The van der Waals surface area contributed by atoms with Gasteiger partial charge in [0, 0.05) is 0 Å². The van der Waals surface area contributed by atoms with Crippen molar-refractivity contribution in [2.24, 2.45) is 0 Å². The number of hydrogen-bond donors (Lipinski definition) is 3. The van der Waals surface area contributed by atoms with Gasteiger partial charge in [-0.25, -0.2) is 9.37 Å². The maximum Gasteiger partial charge on any atom is 0.206 e. The van der Waals surface area contributed by atoms with E-state index in [1.54, 1.807) is 18.2 Å². The number of nitrogens with one attached hydrogen (secondary N) is 2. The quantitative estimate of drug-likeness (QED) is 0.683. The number of amides is 1. The molecule has 2 aromatic carbocycles. The molecule has 22 heavy (non-hydrogen) atoms. The van der Waals surface area contributed by atoms with E-state index < -0.39 is 12.2 Å². The molecule has 1 aromatic heterocycles. The van der Waals surface area contributed by atoms with Gasteiger partial charge in [0.1, 0.15) is 18.0 Å². The van der Waals surface area contributed by atoms with Crippen LogP contribution in [-0.4, -0.2) is 21.2 Å². The third-order valence-electron chi connectivity index (χ3n) is 3.23. The second kappa shape index (κ2) is 5.45. The molecule has 0 saturated heterocycles. The van der Waals surface area contributed by atoms with E-state index in [1.807, 2.05) is 5.32 Å². The van der Waals surface area contributed by atoms with Crippen molar-refractivity contribution in [2.45, 2.75) is 6.10 Å². The molecule has 0 aliphatic rings. The Morgan fingerprint density at radius 1 is 1.23 bits per heavy atom. The second-order valence-electron chi connectivity index (χ2n) is 4.73. The van der Waals surface area contributed by atoms with E-state index in [0.717, 1.165) is 0 Å². The molecule has 1 atom stereocenters. The number of benzene rings is 2. The van der Waals surface area contributed by atoms with Gasteiger partial charge in [0.2, 0.25) is 5.95 Å². The first kappa shape index (κ1) is 14.0. The number of aliphatic hydroxyl groups is 1. The molecule has 0 bridgehead atoms. The molecule has 0 spiro atoms. The molecule has 112 valence electrons. The third-order valence-corrected chi connectivity index (χ3v) is 3.23. The summed E-state index contributed by atoms with van der Waals surface area (Å²) in [5.41, 5.74) is 2.22. The number of halogens is 1. The fourth-order valence-electron chi connectivity index (χ4n) is 2.19. The molecule has 0 aliphatic carbocycles. The first-order valence-electron chi connectivity index (χ1n) is 6.44. The molecule has 1 heterocycles. The van der Waals surface area contributed by atoms with Crippen molar-refractivity contribution < 1.29 is 19.4 Å². The molecule has 1 unspecified atom stereocenters. The highest BCUT2D eigenvalue weighted by Crippen LogP contribution is 2.25. The van der Waals surface area contributed by atoms with Crippen LogP contribution in [0.1, 0.15) is 17.2 Å². The smallest absolute Gasteiger partial charge is 0.206 e. The molecule has 0 radical (unpaired) electrons. The maximum absolute atomic E-state index is 12.9. The van der Waals surface area contributed by atoms with E-state index in [9.17, 15) is 19.4 Å². The number of imidazole rings is 1. The summed E-state index contributed by atoms with van der Waals surface area (Å²) in [6, 6.07) is 10.5. The number of rotatable bonds is 3. The largest absolute Gasteiger partial charge is 0.530 e. The summed E-state index contributed by atoms with van der Waals surface area (Å²) in [6.45, 7) is 0. The molecule has 7 heteroatoms. The molecule has 3 aromatic rings. The summed E-state index contributed by atoms with van der Waals surface area (Å²) in [4.78, 5) is 17.3. The van der Waals surface area contributed by atoms with Crippen molar-refractivity contribution in [2.75, 3.05) is 5.32 Å². The first-order valence-corrected chi connectivity index (χ1v) is 6.44. The number of carbonyl (C=O) groups is 1. The van der Waals surface area contributed by atoms with E-state index in [4.69, 9.17) is 0 Å². The standard InChI is InChI=1S/C15H12FN3O3/c16-10-4-1-8(2-5-10)13(20)9-3-6-11-12(7-9)18-14(17-11)19-15(21)22/h1-7,13,20H,(H,21,22)(H2,17,18,19)/p-1. The van der Waals surface area contributed by atoms with Crippen LogP contribution in [0.5, 0.6) is 0 Å². The average molecular weight is 300 g/mol. The Hall–Kier alpha value is -2.93. The van der Waals surface area contributed by atoms with E-state index in [0.29, 0.717) is 22.2 Å². The Morgan fingerprint density at radius 3 is 2.59 bits per heavy atom. The monoisotopic (exact) mass is 300 g/mol. The molecule has 0 saturated carbocycles. The summed E-state index contributed by atoms with van der Waals surface area (Å²) in [6.07, 6.45) is -2.39. The minimum Gasteiger partial charge on any atom is -0.530 e. The van der Waals surface area contributed by atoms with Gasteiger partial charge in [-0.15, -0.1) is 0 Å². The zero-order chi connectivity index (χ0) is 15.7. The lowest BCUT2D eigenvalue weighted by Crippen LogP contribution is -2.29. The van der Waals surface area contributed by atoms with Crippen LogP contribution in [-0.2, 0) is 0 Å². The van der Waals surface area contributed by atoms with Crippen LogP contribution in [0.3, 0.4) is 0 Å². The number of aromatic nitrogens is 2. The normalized spacial score (nSPS) is 12.3. The van der Waals surface area contributed by atoms with E-state index in [-0.39, 0.29) is 11.8 Å². The van der Waals surface area contributed by atoms with Gasteiger partial charge in [-0.05, 0) is 35.4 Å². The zero-order valence-electron chi connectivity index (χ0n) is 11.2. The Balaban J connectivity index is 1.93. The first-order chi connectivity index (χ1) is 10.5. The van der Waals surface area contributed by atoms with Gasteiger partial charge >= 0.3 is 0 Å². The van der Waals surface area contributed by atoms with Crippen LogP contribution in [0.2, 0.25) is 0 Å². The van der Waals surface area contributed by atoms with E-state index in [1.165, 1.54) is 24.3 Å². The van der Waals surface area contributed by atoms with Gasteiger partial charge in [0.25, 0.3) is 0 Å². The average Bonchev–Trinajstić information content (AvgIpc) is 2.87. The molecule has 6 nitrogen and oxygen atoms in total. The minimum absolute atomic E-state index is 0.0448. The predicted octanol–water partition coefficient (Wildman–Crippen LogP) is 1.54. The van der Waals surface area contributed by atoms with Crippen LogP contribution in [0.4, 0.5) is 15.1 Å². The lowest BCUT2D eigenvalue weighted by Gasteiger charge is -2.11. The summed E-state index contributed by atoms with van der Waals surface area (Å²) >= 11 is 0. The van der Waals surface area contributed by atoms with Crippen molar-refractivity contribution in [3.05, 3.63) is 59.4 Å². The molecule has 0 aliphatic heterocycles. The molecular formula is C15H11FN3O3-. The van der Waals surface area contributed by atoms with Crippen LogP contribution >= 0.6 is 0 Å². The fourth-order valence-corrected chi connectivity index (χ4v) is 2.19. The van der Waals surface area contributed by atoms with Crippen molar-refractivity contribution in [3.8, 4) is 0 Å². The summed E-state index contributed by atoms with van der Waals surface area (Å²) in [7, 11) is 0. The number of hydrogen-bond acceptors (Lipinski definition) is 4. The van der Waals surface area contributed by atoms with E-state index in [2.05, 4.69) is 9.97 Å². The van der Waals surface area contributed by atoms with Crippen LogP contribution in [0.15, 0.2) is 42.5 Å². The van der Waals surface area contributed by atoms with Crippen molar-refractivity contribution in [3.63, 3.8) is 0 Å².